The first-order valence-electron chi connectivity index (χ1n) is 8.95. The lowest BCUT2D eigenvalue weighted by molar-refractivity contribution is 0.102. The van der Waals surface area contributed by atoms with Gasteiger partial charge in [-0.15, -0.1) is 11.3 Å². The second kappa shape index (κ2) is 6.59. The summed E-state index contributed by atoms with van der Waals surface area (Å²) in [6.07, 6.45) is 9.49. The minimum atomic E-state index is -0.175. The van der Waals surface area contributed by atoms with Crippen molar-refractivity contribution in [3.05, 3.63) is 65.3 Å². The van der Waals surface area contributed by atoms with Crippen molar-refractivity contribution in [2.75, 3.05) is 5.32 Å². The summed E-state index contributed by atoms with van der Waals surface area (Å²) in [6, 6.07) is 7.73. The fraction of sp³-hybridized carbons (Fsp3) is 0.200. The highest BCUT2D eigenvalue weighted by molar-refractivity contribution is 7.15. The zero-order valence-corrected chi connectivity index (χ0v) is 15.4. The summed E-state index contributed by atoms with van der Waals surface area (Å²) in [5.74, 6) is -0.175. The number of aromatic nitrogens is 4. The third-order valence-corrected chi connectivity index (χ3v) is 5.64. The predicted molar refractivity (Wildman–Crippen MR) is 105 cm³/mol. The number of hydrogen-bond acceptors (Lipinski definition) is 5. The fourth-order valence-electron chi connectivity index (χ4n) is 3.50. The van der Waals surface area contributed by atoms with Gasteiger partial charge in [0.15, 0.2) is 4.96 Å². The van der Waals surface area contributed by atoms with Gasteiger partial charge in [-0.2, -0.15) is 0 Å². The van der Waals surface area contributed by atoms with E-state index in [9.17, 15) is 4.79 Å². The number of amides is 1. The first-order chi connectivity index (χ1) is 13.3. The van der Waals surface area contributed by atoms with E-state index < -0.39 is 0 Å². The quantitative estimate of drug-likeness (QED) is 0.588. The molecule has 1 aliphatic carbocycles. The Morgan fingerprint density at radius 1 is 1.11 bits per heavy atom. The van der Waals surface area contributed by atoms with Crippen molar-refractivity contribution >= 4 is 27.9 Å². The number of nitrogens with zero attached hydrogens (tertiary/aromatic N) is 4. The molecule has 7 heteroatoms. The fourth-order valence-corrected chi connectivity index (χ4v) is 4.20. The Morgan fingerprint density at radius 3 is 2.81 bits per heavy atom. The van der Waals surface area contributed by atoms with Gasteiger partial charge in [0, 0.05) is 40.3 Å². The van der Waals surface area contributed by atoms with Crippen molar-refractivity contribution in [2.24, 2.45) is 0 Å². The van der Waals surface area contributed by atoms with E-state index in [2.05, 4.69) is 20.3 Å². The van der Waals surface area contributed by atoms with Crippen LogP contribution in [-0.2, 0) is 12.8 Å². The van der Waals surface area contributed by atoms with Gasteiger partial charge in [0.25, 0.3) is 5.91 Å². The lowest BCUT2D eigenvalue weighted by Crippen LogP contribution is -2.20. The average molecular weight is 375 g/mol. The second-order valence-electron chi connectivity index (χ2n) is 6.61. The van der Waals surface area contributed by atoms with E-state index >= 15 is 0 Å². The first kappa shape index (κ1) is 16.1. The molecule has 1 amide bonds. The number of carbonyl (C=O) groups excluding carboxylic acids is 1. The molecule has 1 N–H and O–H groups in total. The molecule has 3 aromatic heterocycles. The third-order valence-electron chi connectivity index (χ3n) is 4.87. The van der Waals surface area contributed by atoms with Gasteiger partial charge in [-0.3, -0.25) is 9.20 Å². The SMILES string of the molecule is O=C(Nc1ccc(-c2cn3ccsc3n2)cc1)c1ncnc2c1CCCC2. The zero-order chi connectivity index (χ0) is 18.2. The molecule has 0 saturated heterocycles. The molecule has 6 nitrogen and oxygen atoms in total. The van der Waals surface area contributed by atoms with Crippen LogP contribution in [0.4, 0.5) is 5.69 Å². The summed E-state index contributed by atoms with van der Waals surface area (Å²) in [4.78, 5) is 26.8. The van der Waals surface area contributed by atoms with Gasteiger partial charge in [0.2, 0.25) is 0 Å². The average Bonchev–Trinajstić information content (AvgIpc) is 3.30. The predicted octanol–water partition coefficient (Wildman–Crippen LogP) is 3.98. The number of aryl methyl sites for hydroxylation is 1. The molecule has 0 bridgehead atoms. The van der Waals surface area contributed by atoms with Crippen LogP contribution in [0.3, 0.4) is 0 Å². The van der Waals surface area contributed by atoms with Crippen LogP contribution in [0.2, 0.25) is 0 Å². The molecule has 1 aromatic carbocycles. The maximum atomic E-state index is 12.7. The summed E-state index contributed by atoms with van der Waals surface area (Å²) in [5, 5.41) is 4.97. The Bertz CT molecular complexity index is 1100. The second-order valence-corrected chi connectivity index (χ2v) is 7.48. The normalized spacial score (nSPS) is 13.5. The van der Waals surface area contributed by atoms with E-state index in [1.54, 1.807) is 11.3 Å². The van der Waals surface area contributed by atoms with Crippen molar-refractivity contribution in [3.8, 4) is 11.3 Å². The number of carbonyl (C=O) groups is 1. The molecule has 134 valence electrons. The lowest BCUT2D eigenvalue weighted by Gasteiger charge is -2.16. The molecule has 0 fully saturated rings. The van der Waals surface area contributed by atoms with Gasteiger partial charge in [-0.1, -0.05) is 12.1 Å². The molecule has 0 saturated carbocycles. The molecule has 5 rings (SSSR count). The number of fused-ring (bicyclic) bond motifs is 2. The third kappa shape index (κ3) is 3.00. The molecular formula is C20H17N5OS. The van der Waals surface area contributed by atoms with Crippen LogP contribution < -0.4 is 5.32 Å². The number of imidazole rings is 1. The Morgan fingerprint density at radius 2 is 1.96 bits per heavy atom. The Balaban J connectivity index is 1.37. The van der Waals surface area contributed by atoms with E-state index in [-0.39, 0.29) is 5.91 Å². The minimum absolute atomic E-state index is 0.175. The number of benzene rings is 1. The number of rotatable bonds is 3. The number of nitrogens with one attached hydrogen (secondary N) is 1. The lowest BCUT2D eigenvalue weighted by atomic mass is 9.94. The van der Waals surface area contributed by atoms with E-state index in [1.165, 1.54) is 6.33 Å². The molecular weight excluding hydrogens is 358 g/mol. The summed E-state index contributed by atoms with van der Waals surface area (Å²) < 4.78 is 2.01. The molecule has 0 radical (unpaired) electrons. The molecule has 1 aliphatic rings. The Hall–Kier alpha value is -3.06. The maximum Gasteiger partial charge on any atom is 0.274 e. The zero-order valence-electron chi connectivity index (χ0n) is 14.6. The maximum absolute atomic E-state index is 12.7. The standard InChI is InChI=1S/C20H17N5OS/c26-19(18-15-3-1-2-4-16(15)21-12-22-18)23-14-7-5-13(6-8-14)17-11-25-9-10-27-20(25)24-17/h5-12H,1-4H2,(H,23,26). The molecule has 27 heavy (non-hydrogen) atoms. The van der Waals surface area contributed by atoms with E-state index in [4.69, 9.17) is 0 Å². The Labute approximate surface area is 159 Å². The molecule has 0 unspecified atom stereocenters. The molecule has 3 heterocycles. The monoisotopic (exact) mass is 375 g/mol. The molecule has 0 aliphatic heterocycles. The van der Waals surface area contributed by atoms with Gasteiger partial charge >= 0.3 is 0 Å². The highest BCUT2D eigenvalue weighted by Crippen LogP contribution is 2.24. The highest BCUT2D eigenvalue weighted by atomic mass is 32.1. The number of hydrogen-bond donors (Lipinski definition) is 1. The van der Waals surface area contributed by atoms with Gasteiger partial charge in [0.1, 0.15) is 12.0 Å². The highest BCUT2D eigenvalue weighted by Gasteiger charge is 2.20. The van der Waals surface area contributed by atoms with Crippen LogP contribution in [0.15, 0.2) is 48.4 Å². The first-order valence-corrected chi connectivity index (χ1v) is 9.82. The Kier molecular flexibility index (Phi) is 3.94. The van der Waals surface area contributed by atoms with Crippen LogP contribution >= 0.6 is 11.3 Å². The van der Waals surface area contributed by atoms with Crippen LogP contribution in [-0.4, -0.2) is 25.3 Å². The van der Waals surface area contributed by atoms with Crippen LogP contribution in [0.25, 0.3) is 16.2 Å². The number of thiazole rings is 1. The van der Waals surface area contributed by atoms with Gasteiger partial charge < -0.3 is 5.32 Å². The molecule has 0 atom stereocenters. The van der Waals surface area contributed by atoms with Crippen molar-refractivity contribution in [3.63, 3.8) is 0 Å². The van der Waals surface area contributed by atoms with Crippen LogP contribution in [0, 0.1) is 0 Å². The van der Waals surface area contributed by atoms with Gasteiger partial charge in [0.05, 0.1) is 5.69 Å². The molecule has 4 aromatic rings. The summed E-state index contributed by atoms with van der Waals surface area (Å²) in [5.41, 5.74) is 5.19. The van der Waals surface area contributed by atoms with Crippen molar-refractivity contribution in [2.45, 2.75) is 25.7 Å². The van der Waals surface area contributed by atoms with E-state index in [0.29, 0.717) is 5.69 Å². The van der Waals surface area contributed by atoms with Gasteiger partial charge in [-0.25, -0.2) is 15.0 Å². The van der Waals surface area contributed by atoms with Crippen LogP contribution in [0.1, 0.15) is 34.6 Å². The summed E-state index contributed by atoms with van der Waals surface area (Å²) >= 11 is 1.61. The smallest absolute Gasteiger partial charge is 0.274 e. The van der Waals surface area contributed by atoms with E-state index in [0.717, 1.165) is 58.8 Å². The van der Waals surface area contributed by atoms with E-state index in [1.807, 2.05) is 46.4 Å². The van der Waals surface area contributed by atoms with Crippen molar-refractivity contribution in [1.82, 2.24) is 19.4 Å². The van der Waals surface area contributed by atoms with Crippen molar-refractivity contribution < 1.29 is 4.79 Å². The van der Waals surface area contributed by atoms with Gasteiger partial charge in [-0.05, 0) is 37.8 Å². The van der Waals surface area contributed by atoms with Crippen molar-refractivity contribution in [1.29, 1.82) is 0 Å². The minimum Gasteiger partial charge on any atom is -0.321 e. The van der Waals surface area contributed by atoms with Crippen LogP contribution in [0.5, 0.6) is 0 Å². The summed E-state index contributed by atoms with van der Waals surface area (Å²) in [6.45, 7) is 0. The largest absolute Gasteiger partial charge is 0.321 e. The molecule has 0 spiro atoms. The topological polar surface area (TPSA) is 72.2 Å². The summed E-state index contributed by atoms with van der Waals surface area (Å²) in [7, 11) is 0. The number of anilines is 1.